The minimum absolute atomic E-state index is 0.0807. The fraction of sp³-hybridized carbons (Fsp3) is 0.636. The summed E-state index contributed by atoms with van der Waals surface area (Å²) in [4.78, 5) is 12.3. The van der Waals surface area contributed by atoms with Gasteiger partial charge in [-0.05, 0) is 25.7 Å². The Morgan fingerprint density at radius 1 is 1.31 bits per heavy atom. The topological polar surface area (TPSA) is 52.9 Å². The van der Waals surface area contributed by atoms with Gasteiger partial charge in [0.15, 0.2) is 0 Å². The summed E-state index contributed by atoms with van der Waals surface area (Å²) in [7, 11) is 0. The van der Waals surface area contributed by atoms with Gasteiger partial charge in [0, 0.05) is 25.5 Å². The molecule has 0 aliphatic rings. The first-order chi connectivity index (χ1) is 7.65. The van der Waals surface area contributed by atoms with E-state index in [1.165, 1.54) is 0 Å². The molecule has 0 saturated heterocycles. The van der Waals surface area contributed by atoms with Crippen LogP contribution < -0.4 is 11.4 Å². The van der Waals surface area contributed by atoms with Crippen molar-refractivity contribution in [2.45, 2.75) is 45.7 Å². The summed E-state index contributed by atoms with van der Waals surface area (Å²) in [5.74, 6) is 0. The molecule has 0 aliphatic carbocycles. The molecule has 16 heavy (non-hydrogen) atoms. The highest BCUT2D eigenvalue weighted by Crippen LogP contribution is 1.98. The van der Waals surface area contributed by atoms with Gasteiger partial charge >= 0.3 is 5.69 Å². The van der Waals surface area contributed by atoms with Gasteiger partial charge < -0.3 is 5.73 Å². The highest BCUT2D eigenvalue weighted by atomic mass is 32.1. The van der Waals surface area contributed by atoms with Crippen LogP contribution in [0.25, 0.3) is 0 Å². The Kier molecular flexibility index (Phi) is 5.25. The molecule has 0 aliphatic heterocycles. The van der Waals surface area contributed by atoms with Crippen molar-refractivity contribution in [2.24, 2.45) is 5.73 Å². The first-order valence-corrected chi connectivity index (χ1v) is 6.10. The maximum atomic E-state index is 11.8. The number of unbranched alkanes of at least 4 members (excludes halogenated alkanes) is 1. The van der Waals surface area contributed by atoms with Gasteiger partial charge in [-0.2, -0.15) is 0 Å². The number of aryl methyl sites for hydroxylation is 2. The van der Waals surface area contributed by atoms with E-state index in [1.807, 2.05) is 12.4 Å². The SMILES string of the molecule is CCCn1ccn(CCCCC(N)=S)c1=O. The minimum atomic E-state index is 0.0807. The second-order valence-electron chi connectivity index (χ2n) is 3.89. The molecule has 0 fully saturated rings. The molecule has 0 atom stereocenters. The first kappa shape index (κ1) is 13.0. The van der Waals surface area contributed by atoms with Gasteiger partial charge in [-0.1, -0.05) is 19.1 Å². The molecule has 1 aromatic heterocycles. The summed E-state index contributed by atoms with van der Waals surface area (Å²) in [5.41, 5.74) is 5.48. The molecule has 1 aromatic rings. The highest BCUT2D eigenvalue weighted by Gasteiger charge is 2.01. The summed E-state index contributed by atoms with van der Waals surface area (Å²) in [6.07, 6.45) is 7.32. The molecule has 1 heterocycles. The summed E-state index contributed by atoms with van der Waals surface area (Å²) in [6.45, 7) is 3.60. The van der Waals surface area contributed by atoms with Gasteiger partial charge in [0.05, 0.1) is 4.99 Å². The van der Waals surface area contributed by atoms with E-state index < -0.39 is 0 Å². The van der Waals surface area contributed by atoms with Gasteiger partial charge in [-0.15, -0.1) is 0 Å². The zero-order chi connectivity index (χ0) is 12.0. The zero-order valence-corrected chi connectivity index (χ0v) is 10.5. The van der Waals surface area contributed by atoms with Crippen molar-refractivity contribution in [1.82, 2.24) is 9.13 Å². The molecule has 5 heteroatoms. The van der Waals surface area contributed by atoms with Gasteiger partial charge in [0.1, 0.15) is 0 Å². The van der Waals surface area contributed by atoms with E-state index in [0.29, 0.717) is 4.99 Å². The third-order valence-corrected chi connectivity index (χ3v) is 2.66. The number of hydrogen-bond acceptors (Lipinski definition) is 2. The van der Waals surface area contributed by atoms with E-state index in [0.717, 1.165) is 38.8 Å². The smallest absolute Gasteiger partial charge is 0.328 e. The van der Waals surface area contributed by atoms with Crippen LogP contribution in [0.2, 0.25) is 0 Å². The van der Waals surface area contributed by atoms with Gasteiger partial charge in [-0.25, -0.2) is 4.79 Å². The maximum Gasteiger partial charge on any atom is 0.328 e. The second-order valence-corrected chi connectivity index (χ2v) is 4.42. The van der Waals surface area contributed by atoms with Gasteiger partial charge in [0.25, 0.3) is 0 Å². The number of aromatic nitrogens is 2. The Labute approximate surface area is 101 Å². The first-order valence-electron chi connectivity index (χ1n) is 5.69. The number of hydrogen-bond donors (Lipinski definition) is 1. The predicted molar refractivity (Wildman–Crippen MR) is 69.6 cm³/mol. The summed E-state index contributed by atoms with van der Waals surface area (Å²) in [5, 5.41) is 0. The van der Waals surface area contributed by atoms with Crippen LogP contribution in [0.15, 0.2) is 17.2 Å². The standard InChI is InChI=1S/C11H19N3OS/c1-2-6-13-8-9-14(11(13)15)7-4-3-5-10(12)16/h8-9H,2-7H2,1H3,(H2,12,16). The van der Waals surface area contributed by atoms with Crippen molar-refractivity contribution in [1.29, 1.82) is 0 Å². The van der Waals surface area contributed by atoms with Crippen LogP contribution in [0.4, 0.5) is 0 Å². The zero-order valence-electron chi connectivity index (χ0n) is 9.69. The molecule has 1 rings (SSSR count). The van der Waals surface area contributed by atoms with E-state index in [2.05, 4.69) is 6.92 Å². The van der Waals surface area contributed by atoms with Crippen LogP contribution in [0.5, 0.6) is 0 Å². The molecular weight excluding hydrogens is 222 g/mol. The Balaban J connectivity index is 2.42. The normalized spacial score (nSPS) is 10.6. The molecule has 0 unspecified atom stereocenters. The monoisotopic (exact) mass is 241 g/mol. The number of rotatable bonds is 7. The lowest BCUT2D eigenvalue weighted by Gasteiger charge is -2.01. The highest BCUT2D eigenvalue weighted by molar-refractivity contribution is 7.80. The van der Waals surface area contributed by atoms with Crippen LogP contribution in [0, 0.1) is 0 Å². The van der Waals surface area contributed by atoms with Gasteiger partial charge in [0.2, 0.25) is 0 Å². The third kappa shape index (κ3) is 3.81. The number of thiocarbonyl (C=S) groups is 1. The van der Waals surface area contributed by atoms with E-state index in [4.69, 9.17) is 18.0 Å². The molecule has 90 valence electrons. The summed E-state index contributed by atoms with van der Waals surface area (Å²) < 4.78 is 3.49. The fourth-order valence-electron chi connectivity index (χ4n) is 1.62. The van der Waals surface area contributed by atoms with Crippen molar-refractivity contribution in [3.8, 4) is 0 Å². The number of imidazole rings is 1. The second kappa shape index (κ2) is 6.48. The number of nitrogens with two attached hydrogens (primary N) is 1. The largest absolute Gasteiger partial charge is 0.393 e. The van der Waals surface area contributed by atoms with Crippen molar-refractivity contribution in [3.63, 3.8) is 0 Å². The van der Waals surface area contributed by atoms with Crippen LogP contribution >= 0.6 is 12.2 Å². The minimum Gasteiger partial charge on any atom is -0.393 e. The quantitative estimate of drug-likeness (QED) is 0.581. The molecule has 0 saturated carbocycles. The van der Waals surface area contributed by atoms with Crippen LogP contribution in [-0.2, 0) is 13.1 Å². The van der Waals surface area contributed by atoms with Crippen molar-refractivity contribution >= 4 is 17.2 Å². The van der Waals surface area contributed by atoms with Crippen LogP contribution in [0.1, 0.15) is 32.6 Å². The van der Waals surface area contributed by atoms with E-state index >= 15 is 0 Å². The van der Waals surface area contributed by atoms with Crippen LogP contribution in [0.3, 0.4) is 0 Å². The summed E-state index contributed by atoms with van der Waals surface area (Å²) >= 11 is 4.80. The lowest BCUT2D eigenvalue weighted by atomic mass is 10.2. The molecule has 0 spiro atoms. The maximum absolute atomic E-state index is 11.8. The lowest BCUT2D eigenvalue weighted by molar-refractivity contribution is 0.570. The molecule has 4 nitrogen and oxygen atoms in total. The molecule has 0 amide bonds. The Hall–Kier alpha value is -1.10. The van der Waals surface area contributed by atoms with E-state index in [9.17, 15) is 4.79 Å². The third-order valence-electron chi connectivity index (χ3n) is 2.45. The van der Waals surface area contributed by atoms with E-state index in [1.54, 1.807) is 9.13 Å². The Morgan fingerprint density at radius 2 is 1.94 bits per heavy atom. The van der Waals surface area contributed by atoms with E-state index in [-0.39, 0.29) is 5.69 Å². The average molecular weight is 241 g/mol. The lowest BCUT2D eigenvalue weighted by Crippen LogP contribution is -2.24. The van der Waals surface area contributed by atoms with Crippen molar-refractivity contribution < 1.29 is 0 Å². The average Bonchev–Trinajstić information content (AvgIpc) is 2.57. The van der Waals surface area contributed by atoms with Crippen molar-refractivity contribution in [2.75, 3.05) is 0 Å². The van der Waals surface area contributed by atoms with Gasteiger partial charge in [-0.3, -0.25) is 9.13 Å². The molecule has 0 radical (unpaired) electrons. The molecule has 2 N–H and O–H groups in total. The number of nitrogens with zero attached hydrogens (tertiary/aromatic N) is 2. The molecule has 0 bridgehead atoms. The predicted octanol–water partition coefficient (Wildman–Crippen LogP) is 1.52. The fourth-order valence-corrected chi connectivity index (χ4v) is 1.76. The Morgan fingerprint density at radius 3 is 2.50 bits per heavy atom. The Bertz CT molecular complexity index is 394. The van der Waals surface area contributed by atoms with Crippen LogP contribution in [-0.4, -0.2) is 14.1 Å². The van der Waals surface area contributed by atoms with Crippen molar-refractivity contribution in [3.05, 3.63) is 22.9 Å². The molecular formula is C11H19N3OS. The molecule has 0 aromatic carbocycles. The summed E-state index contributed by atoms with van der Waals surface area (Å²) in [6, 6.07) is 0.